The molecule has 2 aliphatic rings. The average molecular weight is 399 g/mol. The number of hydrogen-bond acceptors (Lipinski definition) is 4. The van der Waals surface area contributed by atoms with E-state index in [-0.39, 0.29) is 23.6 Å². The predicted molar refractivity (Wildman–Crippen MR) is 115 cm³/mol. The molecule has 3 atom stereocenters. The van der Waals surface area contributed by atoms with Gasteiger partial charge in [-0.25, -0.2) is 4.79 Å². The van der Waals surface area contributed by atoms with E-state index >= 15 is 0 Å². The number of carbonyl (C=O) groups is 1. The molecule has 3 rings (SSSR count). The van der Waals surface area contributed by atoms with E-state index < -0.39 is 6.29 Å². The zero-order valence-corrected chi connectivity index (χ0v) is 18.2. The van der Waals surface area contributed by atoms with E-state index in [4.69, 9.17) is 9.47 Å². The fourth-order valence-electron chi connectivity index (χ4n) is 4.55. The van der Waals surface area contributed by atoms with Gasteiger partial charge in [-0.05, 0) is 57.1 Å². The third-order valence-corrected chi connectivity index (χ3v) is 6.17. The minimum Gasteiger partial charge on any atom is -0.507 e. The molecule has 0 amide bonds. The maximum Gasteiger partial charge on any atom is 0.345 e. The molecule has 1 aromatic carbocycles. The Kier molecular flexibility index (Phi) is 6.71. The molecule has 0 radical (unpaired) electrons. The van der Waals surface area contributed by atoms with E-state index in [2.05, 4.69) is 26.5 Å². The van der Waals surface area contributed by atoms with Gasteiger partial charge in [-0.1, -0.05) is 50.5 Å². The van der Waals surface area contributed by atoms with Crippen LogP contribution >= 0.6 is 0 Å². The van der Waals surface area contributed by atoms with Gasteiger partial charge in [0.2, 0.25) is 6.29 Å². The van der Waals surface area contributed by atoms with E-state index in [1.54, 1.807) is 6.07 Å². The van der Waals surface area contributed by atoms with Crippen molar-refractivity contribution in [1.29, 1.82) is 0 Å². The summed E-state index contributed by atoms with van der Waals surface area (Å²) in [7, 11) is 0. The minimum atomic E-state index is -0.615. The highest BCUT2D eigenvalue weighted by molar-refractivity contribution is 5.96. The van der Waals surface area contributed by atoms with Crippen LogP contribution in [0.2, 0.25) is 0 Å². The third-order valence-electron chi connectivity index (χ3n) is 6.17. The van der Waals surface area contributed by atoms with Gasteiger partial charge in [0.15, 0.2) is 0 Å². The van der Waals surface area contributed by atoms with Gasteiger partial charge >= 0.3 is 5.97 Å². The molecule has 1 N–H and O–H groups in total. The number of fused-ring (bicyclic) bond motifs is 1. The zero-order chi connectivity index (χ0) is 21.1. The lowest BCUT2D eigenvalue weighted by Gasteiger charge is -2.35. The zero-order valence-electron chi connectivity index (χ0n) is 18.2. The van der Waals surface area contributed by atoms with Crippen LogP contribution < -0.4 is 4.74 Å². The van der Waals surface area contributed by atoms with E-state index in [0.717, 1.165) is 49.7 Å². The van der Waals surface area contributed by atoms with Gasteiger partial charge in [-0.15, -0.1) is 0 Å². The lowest BCUT2D eigenvalue weighted by Crippen LogP contribution is -2.32. The second-order valence-corrected chi connectivity index (χ2v) is 8.52. The van der Waals surface area contributed by atoms with Crippen molar-refractivity contribution in [2.24, 2.45) is 5.92 Å². The SMILES string of the molecule is C=C(C)[C@@H]1CCC(C)=C[C@H]1c1c(O)cc(CCCCC)c2c1OC(CC)OC2=O. The molecule has 0 fully saturated rings. The van der Waals surface area contributed by atoms with E-state index in [9.17, 15) is 9.90 Å². The van der Waals surface area contributed by atoms with Crippen LogP contribution in [0.15, 0.2) is 29.9 Å². The number of phenols is 1. The Labute approximate surface area is 174 Å². The van der Waals surface area contributed by atoms with Gasteiger partial charge in [0.05, 0.1) is 0 Å². The van der Waals surface area contributed by atoms with Crippen LogP contribution in [0.4, 0.5) is 0 Å². The molecule has 0 saturated heterocycles. The summed E-state index contributed by atoms with van der Waals surface area (Å²) in [6, 6.07) is 1.76. The Morgan fingerprint density at radius 2 is 2.03 bits per heavy atom. The van der Waals surface area contributed by atoms with Crippen LogP contribution in [0.1, 0.15) is 93.6 Å². The Morgan fingerprint density at radius 1 is 1.28 bits per heavy atom. The Bertz CT molecular complexity index is 821. The summed E-state index contributed by atoms with van der Waals surface area (Å²) < 4.78 is 11.7. The predicted octanol–water partition coefficient (Wildman–Crippen LogP) is 6.43. The van der Waals surface area contributed by atoms with Crippen LogP contribution in [-0.2, 0) is 11.2 Å². The minimum absolute atomic E-state index is 0.0527. The molecule has 1 aliphatic carbocycles. The maximum absolute atomic E-state index is 12.9. The fraction of sp³-hybridized carbons (Fsp3) is 0.560. The monoisotopic (exact) mass is 398 g/mol. The number of esters is 1. The van der Waals surface area contributed by atoms with Crippen molar-refractivity contribution in [3.63, 3.8) is 0 Å². The van der Waals surface area contributed by atoms with Gasteiger partial charge in [-0.2, -0.15) is 0 Å². The Hall–Kier alpha value is -2.23. The summed E-state index contributed by atoms with van der Waals surface area (Å²) in [5.74, 6) is 0.544. The lowest BCUT2D eigenvalue weighted by molar-refractivity contribution is -0.0621. The highest BCUT2D eigenvalue weighted by atomic mass is 16.7. The summed E-state index contributed by atoms with van der Waals surface area (Å²) in [4.78, 5) is 12.9. The van der Waals surface area contributed by atoms with Gasteiger partial charge < -0.3 is 14.6 Å². The number of aromatic hydroxyl groups is 1. The number of cyclic esters (lactones) is 1. The summed E-state index contributed by atoms with van der Waals surface area (Å²) in [5, 5.41) is 11.1. The number of phenolic OH excluding ortho intramolecular Hbond substituents is 1. The molecule has 1 aliphatic heterocycles. The normalized spacial score (nSPS) is 23.7. The first-order chi connectivity index (χ1) is 13.9. The summed E-state index contributed by atoms with van der Waals surface area (Å²) in [6.45, 7) is 12.4. The topological polar surface area (TPSA) is 55.8 Å². The molecule has 1 unspecified atom stereocenters. The number of allylic oxidation sites excluding steroid dienone is 3. The number of unbranched alkanes of at least 4 members (excludes halogenated alkanes) is 2. The highest BCUT2D eigenvalue weighted by Crippen LogP contribution is 2.50. The second kappa shape index (κ2) is 9.06. The summed E-state index contributed by atoms with van der Waals surface area (Å²) in [6.07, 6.45) is 8.02. The highest BCUT2D eigenvalue weighted by Gasteiger charge is 2.38. The van der Waals surface area contributed by atoms with Crippen molar-refractivity contribution in [2.45, 2.75) is 84.8 Å². The summed E-state index contributed by atoms with van der Waals surface area (Å²) >= 11 is 0. The Balaban J connectivity index is 2.17. The number of aryl methyl sites for hydroxylation is 1. The molecule has 0 saturated carbocycles. The molecule has 0 spiro atoms. The van der Waals surface area contributed by atoms with Crippen molar-refractivity contribution in [2.75, 3.05) is 0 Å². The molecule has 4 heteroatoms. The van der Waals surface area contributed by atoms with E-state index in [1.165, 1.54) is 5.57 Å². The van der Waals surface area contributed by atoms with Crippen molar-refractivity contribution in [1.82, 2.24) is 0 Å². The molecule has 4 nitrogen and oxygen atoms in total. The molecule has 0 bridgehead atoms. The fourth-order valence-corrected chi connectivity index (χ4v) is 4.55. The van der Waals surface area contributed by atoms with Crippen LogP contribution in [-0.4, -0.2) is 17.4 Å². The first-order valence-electron chi connectivity index (χ1n) is 11.0. The first kappa shape index (κ1) is 21.5. The van der Waals surface area contributed by atoms with Crippen molar-refractivity contribution < 1.29 is 19.4 Å². The Morgan fingerprint density at radius 3 is 2.69 bits per heavy atom. The smallest absolute Gasteiger partial charge is 0.345 e. The second-order valence-electron chi connectivity index (χ2n) is 8.52. The van der Waals surface area contributed by atoms with Crippen LogP contribution in [0, 0.1) is 5.92 Å². The van der Waals surface area contributed by atoms with Crippen LogP contribution in [0.25, 0.3) is 0 Å². The van der Waals surface area contributed by atoms with Gasteiger partial charge in [0, 0.05) is 17.9 Å². The van der Waals surface area contributed by atoms with Crippen molar-refractivity contribution >= 4 is 5.97 Å². The van der Waals surface area contributed by atoms with Crippen LogP contribution in [0.3, 0.4) is 0 Å². The van der Waals surface area contributed by atoms with Crippen molar-refractivity contribution in [3.05, 3.63) is 46.6 Å². The molecule has 1 aromatic rings. The van der Waals surface area contributed by atoms with Crippen molar-refractivity contribution in [3.8, 4) is 11.5 Å². The van der Waals surface area contributed by atoms with E-state index in [0.29, 0.717) is 23.3 Å². The molecular weight excluding hydrogens is 364 g/mol. The van der Waals surface area contributed by atoms with Crippen LogP contribution in [0.5, 0.6) is 11.5 Å². The number of carbonyl (C=O) groups excluding carboxylic acids is 1. The maximum atomic E-state index is 12.9. The van der Waals surface area contributed by atoms with E-state index in [1.807, 2.05) is 13.8 Å². The molecule has 0 aromatic heterocycles. The number of hydrogen-bond donors (Lipinski definition) is 1. The molecule has 1 heterocycles. The van der Waals surface area contributed by atoms with Gasteiger partial charge in [0.25, 0.3) is 0 Å². The van der Waals surface area contributed by atoms with Gasteiger partial charge in [0.1, 0.15) is 17.1 Å². The number of rotatable bonds is 7. The molecule has 158 valence electrons. The average Bonchev–Trinajstić information content (AvgIpc) is 2.67. The molecule has 29 heavy (non-hydrogen) atoms. The lowest BCUT2D eigenvalue weighted by atomic mass is 9.73. The summed E-state index contributed by atoms with van der Waals surface area (Å²) in [5.41, 5.74) is 4.40. The number of benzene rings is 1. The standard InChI is InChI=1S/C25H34O4/c1-6-8-9-10-17-14-20(26)23(19-13-16(5)11-12-18(19)15(3)4)24-22(17)25(27)29-21(7-2)28-24/h13-14,18-19,21,26H,3,6-12H2,1-2,4-5H3/t18-,19+,21?/m0/s1. The van der Waals surface area contributed by atoms with Gasteiger partial charge in [-0.3, -0.25) is 0 Å². The first-order valence-corrected chi connectivity index (χ1v) is 11.0. The third kappa shape index (κ3) is 4.36. The number of ether oxygens (including phenoxy) is 2. The largest absolute Gasteiger partial charge is 0.507 e. The quantitative estimate of drug-likeness (QED) is 0.327. The molecular formula is C25H34O4.